The molecule has 5 aliphatic rings. The summed E-state index contributed by atoms with van der Waals surface area (Å²) in [6.45, 7) is 11.8. The SMILES string of the molecule is C[C@H](CCC1OC1(C)C)[C@H]1CC[C@H]2[C@@H]3C(=O)CC4CC(=O)CC[C@]4(C)[C@H]3CC[C@]12C. The maximum atomic E-state index is 13.5. The summed E-state index contributed by atoms with van der Waals surface area (Å²) in [5.41, 5.74) is 0.637. The van der Waals surface area contributed by atoms with Crippen LogP contribution in [-0.2, 0) is 14.3 Å². The van der Waals surface area contributed by atoms with Crippen LogP contribution in [0, 0.1) is 46.3 Å². The number of hydrogen-bond donors (Lipinski definition) is 0. The van der Waals surface area contributed by atoms with Crippen LogP contribution in [0.25, 0.3) is 0 Å². The largest absolute Gasteiger partial charge is 0.367 e. The maximum absolute atomic E-state index is 13.5. The highest BCUT2D eigenvalue weighted by atomic mass is 16.6. The molecule has 168 valence electrons. The summed E-state index contributed by atoms with van der Waals surface area (Å²) in [4.78, 5) is 25.6. The highest BCUT2D eigenvalue weighted by Crippen LogP contribution is 2.67. The van der Waals surface area contributed by atoms with E-state index < -0.39 is 0 Å². The van der Waals surface area contributed by atoms with Crippen molar-refractivity contribution in [3.63, 3.8) is 0 Å². The second-order valence-corrected chi connectivity index (χ2v) is 12.8. The molecule has 0 amide bonds. The van der Waals surface area contributed by atoms with Gasteiger partial charge in [0.2, 0.25) is 0 Å². The van der Waals surface area contributed by atoms with Crippen molar-refractivity contribution in [1.29, 1.82) is 0 Å². The van der Waals surface area contributed by atoms with E-state index in [2.05, 4.69) is 34.6 Å². The Balaban J connectivity index is 1.33. The van der Waals surface area contributed by atoms with E-state index in [0.29, 0.717) is 59.6 Å². The monoisotopic (exact) mass is 414 g/mol. The van der Waals surface area contributed by atoms with Crippen LogP contribution in [0.2, 0.25) is 0 Å². The molecule has 1 saturated heterocycles. The summed E-state index contributed by atoms with van der Waals surface area (Å²) in [5, 5.41) is 0. The Labute approximate surface area is 183 Å². The lowest BCUT2D eigenvalue weighted by atomic mass is 9.44. The summed E-state index contributed by atoms with van der Waals surface area (Å²) in [6.07, 6.45) is 11.0. The number of rotatable bonds is 4. The minimum atomic E-state index is 0.0990. The van der Waals surface area contributed by atoms with Gasteiger partial charge in [-0.05, 0) is 99.2 Å². The van der Waals surface area contributed by atoms with E-state index in [1.807, 2.05) is 0 Å². The molecule has 0 N–H and O–H groups in total. The molecule has 9 atom stereocenters. The van der Waals surface area contributed by atoms with Gasteiger partial charge in [-0.2, -0.15) is 0 Å². The molecule has 5 rings (SSSR count). The van der Waals surface area contributed by atoms with Gasteiger partial charge in [0, 0.05) is 25.2 Å². The highest BCUT2D eigenvalue weighted by molar-refractivity contribution is 5.86. The molecule has 2 unspecified atom stereocenters. The number of carbonyl (C=O) groups excluding carboxylic acids is 2. The van der Waals surface area contributed by atoms with E-state index in [1.165, 1.54) is 38.5 Å². The first kappa shape index (κ1) is 21.2. The molecule has 3 nitrogen and oxygen atoms in total. The third-order valence-corrected chi connectivity index (χ3v) is 11.1. The molecule has 5 fully saturated rings. The minimum Gasteiger partial charge on any atom is -0.367 e. The molecule has 0 radical (unpaired) electrons. The Bertz CT molecular complexity index is 740. The summed E-state index contributed by atoms with van der Waals surface area (Å²) in [7, 11) is 0. The van der Waals surface area contributed by atoms with Crippen molar-refractivity contribution in [3.8, 4) is 0 Å². The van der Waals surface area contributed by atoms with E-state index in [0.717, 1.165) is 18.8 Å². The summed E-state index contributed by atoms with van der Waals surface area (Å²) in [6, 6.07) is 0. The number of carbonyl (C=O) groups is 2. The van der Waals surface area contributed by atoms with Crippen molar-refractivity contribution in [1.82, 2.24) is 0 Å². The van der Waals surface area contributed by atoms with Crippen LogP contribution in [-0.4, -0.2) is 23.3 Å². The van der Waals surface area contributed by atoms with Gasteiger partial charge in [0.05, 0.1) is 11.7 Å². The van der Waals surface area contributed by atoms with Gasteiger partial charge in [0.25, 0.3) is 0 Å². The van der Waals surface area contributed by atoms with Crippen LogP contribution in [0.15, 0.2) is 0 Å². The first-order valence-corrected chi connectivity index (χ1v) is 12.8. The fraction of sp³-hybridized carbons (Fsp3) is 0.926. The highest BCUT2D eigenvalue weighted by Gasteiger charge is 2.63. The van der Waals surface area contributed by atoms with Gasteiger partial charge in [-0.3, -0.25) is 9.59 Å². The first-order chi connectivity index (χ1) is 14.1. The third kappa shape index (κ3) is 3.08. The van der Waals surface area contributed by atoms with E-state index in [-0.39, 0.29) is 16.9 Å². The van der Waals surface area contributed by atoms with Gasteiger partial charge < -0.3 is 4.74 Å². The van der Waals surface area contributed by atoms with Crippen molar-refractivity contribution in [2.45, 2.75) is 111 Å². The van der Waals surface area contributed by atoms with Crippen LogP contribution in [0.5, 0.6) is 0 Å². The quantitative estimate of drug-likeness (QED) is 0.531. The molecule has 4 saturated carbocycles. The van der Waals surface area contributed by atoms with Crippen LogP contribution in [0.1, 0.15) is 98.8 Å². The standard InChI is InChI=1S/C27H42O3/c1-16(6-9-23-25(2,3)30-23)19-7-8-20-24-21(11-13-27(19,20)5)26(4)12-10-18(28)14-17(26)15-22(24)29/h16-17,19-21,23-24H,6-15H2,1-5H3/t16-,17?,19-,20+,21+,23?,24+,26+,27-/m1/s1. The predicted molar refractivity (Wildman–Crippen MR) is 118 cm³/mol. The second-order valence-electron chi connectivity index (χ2n) is 12.8. The lowest BCUT2D eigenvalue weighted by Crippen LogP contribution is -2.57. The number of Topliss-reactive ketones (excluding diaryl/α,β-unsaturated/α-hetero) is 2. The van der Waals surface area contributed by atoms with Crippen molar-refractivity contribution in [3.05, 3.63) is 0 Å². The van der Waals surface area contributed by atoms with Crippen LogP contribution in [0.4, 0.5) is 0 Å². The third-order valence-electron chi connectivity index (χ3n) is 11.1. The molecule has 0 aromatic rings. The van der Waals surface area contributed by atoms with Gasteiger partial charge in [-0.25, -0.2) is 0 Å². The Kier molecular flexibility index (Phi) is 4.87. The average Bonchev–Trinajstić information content (AvgIpc) is 3.13. The topological polar surface area (TPSA) is 46.7 Å². The number of ketones is 2. The number of hydrogen-bond acceptors (Lipinski definition) is 3. The van der Waals surface area contributed by atoms with E-state index in [9.17, 15) is 9.59 Å². The molecule has 3 heteroatoms. The van der Waals surface area contributed by atoms with Crippen LogP contribution in [0.3, 0.4) is 0 Å². The zero-order valence-corrected chi connectivity index (χ0v) is 19.8. The Morgan fingerprint density at radius 2 is 1.67 bits per heavy atom. The fourth-order valence-corrected chi connectivity index (χ4v) is 9.05. The maximum Gasteiger partial charge on any atom is 0.136 e. The van der Waals surface area contributed by atoms with Gasteiger partial charge >= 0.3 is 0 Å². The van der Waals surface area contributed by atoms with E-state index in [4.69, 9.17) is 4.74 Å². The minimum absolute atomic E-state index is 0.0990. The van der Waals surface area contributed by atoms with Gasteiger partial charge in [-0.1, -0.05) is 20.8 Å². The smallest absolute Gasteiger partial charge is 0.136 e. The molecule has 30 heavy (non-hydrogen) atoms. The summed E-state index contributed by atoms with van der Waals surface area (Å²) in [5.74, 6) is 4.03. The number of fused-ring (bicyclic) bond motifs is 5. The van der Waals surface area contributed by atoms with Crippen LogP contribution >= 0.6 is 0 Å². The second kappa shape index (κ2) is 6.90. The van der Waals surface area contributed by atoms with E-state index in [1.54, 1.807) is 0 Å². The van der Waals surface area contributed by atoms with Crippen molar-refractivity contribution in [2.24, 2.45) is 46.3 Å². The molecule has 0 aromatic heterocycles. The Morgan fingerprint density at radius 1 is 0.967 bits per heavy atom. The van der Waals surface area contributed by atoms with Gasteiger partial charge in [0.15, 0.2) is 0 Å². The fourth-order valence-electron chi connectivity index (χ4n) is 9.05. The summed E-state index contributed by atoms with van der Waals surface area (Å²) < 4.78 is 5.83. The van der Waals surface area contributed by atoms with Crippen molar-refractivity contribution >= 4 is 11.6 Å². The first-order valence-electron chi connectivity index (χ1n) is 12.8. The van der Waals surface area contributed by atoms with Crippen molar-refractivity contribution in [2.75, 3.05) is 0 Å². The zero-order chi connectivity index (χ0) is 21.5. The van der Waals surface area contributed by atoms with E-state index >= 15 is 0 Å². The van der Waals surface area contributed by atoms with Crippen molar-refractivity contribution < 1.29 is 14.3 Å². The molecule has 0 aromatic carbocycles. The predicted octanol–water partition coefficient (Wildman–Crippen LogP) is 5.99. The molecule has 4 aliphatic carbocycles. The molecule has 1 heterocycles. The number of ether oxygens (including phenoxy) is 1. The van der Waals surface area contributed by atoms with Gasteiger partial charge in [-0.15, -0.1) is 0 Å². The van der Waals surface area contributed by atoms with Crippen LogP contribution < -0.4 is 0 Å². The molecule has 0 bridgehead atoms. The molecular weight excluding hydrogens is 372 g/mol. The lowest BCUT2D eigenvalue weighted by Gasteiger charge is -2.59. The Hall–Kier alpha value is -0.700. The summed E-state index contributed by atoms with van der Waals surface area (Å²) >= 11 is 0. The lowest BCUT2D eigenvalue weighted by molar-refractivity contribution is -0.159. The molecular formula is C27H42O3. The zero-order valence-electron chi connectivity index (χ0n) is 19.8. The molecule has 1 aliphatic heterocycles. The average molecular weight is 415 g/mol. The normalized spacial score (nSPS) is 50.4. The Morgan fingerprint density at radius 3 is 2.37 bits per heavy atom. The molecule has 0 spiro atoms. The number of epoxide rings is 1. The van der Waals surface area contributed by atoms with Gasteiger partial charge in [0.1, 0.15) is 11.6 Å².